The molecule has 0 bridgehead atoms. The minimum absolute atomic E-state index is 0.0776. The van der Waals surface area contributed by atoms with Gasteiger partial charge in [0.2, 0.25) is 0 Å². The van der Waals surface area contributed by atoms with Crippen LogP contribution in [0.15, 0.2) is 77.7 Å². The Bertz CT molecular complexity index is 1080. The number of aryl methyl sites for hydroxylation is 1. The molecule has 2 N–H and O–H groups in total. The summed E-state index contributed by atoms with van der Waals surface area (Å²) in [4.78, 5) is 12.3. The summed E-state index contributed by atoms with van der Waals surface area (Å²) >= 11 is 0. The molecule has 3 aromatic carbocycles. The van der Waals surface area contributed by atoms with E-state index in [1.165, 1.54) is 19.2 Å². The Balaban J connectivity index is 1.77. The van der Waals surface area contributed by atoms with E-state index >= 15 is 0 Å². The Morgan fingerprint density at radius 3 is 2.25 bits per heavy atom. The summed E-state index contributed by atoms with van der Waals surface area (Å²) in [7, 11) is -2.32. The largest absolute Gasteiger partial charge is 0.495 e. The number of carbonyl (C=O) groups excluding carboxylic acids is 1. The molecule has 0 aromatic heterocycles. The van der Waals surface area contributed by atoms with Crippen LogP contribution in [0.25, 0.3) is 0 Å². The Kier molecular flexibility index (Phi) is 5.65. The van der Waals surface area contributed by atoms with Crippen molar-refractivity contribution in [1.29, 1.82) is 0 Å². The van der Waals surface area contributed by atoms with Gasteiger partial charge in [-0.25, -0.2) is 8.42 Å². The average molecular weight is 396 g/mol. The van der Waals surface area contributed by atoms with Gasteiger partial charge in [0.1, 0.15) is 5.75 Å². The van der Waals surface area contributed by atoms with Crippen molar-refractivity contribution in [2.24, 2.45) is 0 Å². The number of ether oxygens (including phenoxy) is 1. The van der Waals surface area contributed by atoms with Gasteiger partial charge in [-0.05, 0) is 61.0 Å². The van der Waals surface area contributed by atoms with Gasteiger partial charge in [-0.2, -0.15) is 0 Å². The molecule has 0 radical (unpaired) electrons. The molecule has 144 valence electrons. The van der Waals surface area contributed by atoms with E-state index in [0.29, 0.717) is 22.7 Å². The predicted molar refractivity (Wildman–Crippen MR) is 109 cm³/mol. The molecule has 3 aromatic rings. The number of carbonyl (C=O) groups is 1. The Hall–Kier alpha value is -3.32. The monoisotopic (exact) mass is 396 g/mol. The lowest BCUT2D eigenvalue weighted by Gasteiger charge is -2.13. The smallest absolute Gasteiger partial charge is 0.262 e. The summed E-state index contributed by atoms with van der Waals surface area (Å²) < 4.78 is 33.1. The zero-order valence-corrected chi connectivity index (χ0v) is 16.3. The van der Waals surface area contributed by atoms with Gasteiger partial charge in [-0.15, -0.1) is 0 Å². The molecule has 6 nitrogen and oxygen atoms in total. The SMILES string of the molecule is COc1ccc(C)cc1NS(=O)(=O)c1ccc(NC(=O)c2ccccc2)cc1. The second-order valence-corrected chi connectivity index (χ2v) is 7.84. The third-order valence-electron chi connectivity index (χ3n) is 4.06. The van der Waals surface area contributed by atoms with Crippen molar-refractivity contribution in [1.82, 2.24) is 0 Å². The lowest BCUT2D eigenvalue weighted by Crippen LogP contribution is -2.14. The number of nitrogens with one attached hydrogen (secondary N) is 2. The second kappa shape index (κ2) is 8.14. The fourth-order valence-corrected chi connectivity index (χ4v) is 3.68. The normalized spacial score (nSPS) is 10.9. The van der Waals surface area contributed by atoms with Crippen LogP contribution in [0.3, 0.4) is 0 Å². The standard InChI is InChI=1S/C21H20N2O4S/c1-15-8-13-20(27-2)19(14-15)23-28(25,26)18-11-9-17(10-12-18)22-21(24)16-6-4-3-5-7-16/h3-14,23H,1-2H3,(H,22,24). The maximum Gasteiger partial charge on any atom is 0.262 e. The maximum absolute atomic E-state index is 12.7. The van der Waals surface area contributed by atoms with Crippen LogP contribution in [0.5, 0.6) is 5.75 Å². The van der Waals surface area contributed by atoms with Crippen molar-refractivity contribution in [3.63, 3.8) is 0 Å². The molecule has 0 saturated heterocycles. The quantitative estimate of drug-likeness (QED) is 0.658. The first kappa shape index (κ1) is 19.4. The summed E-state index contributed by atoms with van der Waals surface area (Å²) in [6.07, 6.45) is 0. The van der Waals surface area contributed by atoms with E-state index in [-0.39, 0.29) is 10.8 Å². The van der Waals surface area contributed by atoms with Gasteiger partial charge in [-0.3, -0.25) is 9.52 Å². The Morgan fingerprint density at radius 2 is 1.61 bits per heavy atom. The van der Waals surface area contributed by atoms with E-state index in [2.05, 4.69) is 10.0 Å². The highest BCUT2D eigenvalue weighted by molar-refractivity contribution is 7.92. The van der Waals surface area contributed by atoms with Crippen molar-refractivity contribution in [3.8, 4) is 5.75 Å². The summed E-state index contributed by atoms with van der Waals surface area (Å²) in [6, 6.07) is 20.0. The zero-order chi connectivity index (χ0) is 20.1. The molecule has 0 heterocycles. The van der Waals surface area contributed by atoms with Gasteiger partial charge in [0.15, 0.2) is 0 Å². The Morgan fingerprint density at radius 1 is 0.929 bits per heavy atom. The number of methoxy groups -OCH3 is 1. The highest BCUT2D eigenvalue weighted by Crippen LogP contribution is 2.28. The number of anilines is 2. The van der Waals surface area contributed by atoms with E-state index in [4.69, 9.17) is 4.74 Å². The number of sulfonamides is 1. The first-order chi connectivity index (χ1) is 13.4. The summed E-state index contributed by atoms with van der Waals surface area (Å²) in [6.45, 7) is 1.86. The summed E-state index contributed by atoms with van der Waals surface area (Å²) in [5, 5.41) is 2.74. The molecule has 1 amide bonds. The summed E-state index contributed by atoms with van der Waals surface area (Å²) in [5.74, 6) is 0.166. The topological polar surface area (TPSA) is 84.5 Å². The number of hydrogen-bond donors (Lipinski definition) is 2. The van der Waals surface area contributed by atoms with Crippen LogP contribution in [0.4, 0.5) is 11.4 Å². The first-order valence-electron chi connectivity index (χ1n) is 8.53. The number of benzene rings is 3. The third kappa shape index (κ3) is 4.50. The van der Waals surface area contributed by atoms with Crippen molar-refractivity contribution < 1.29 is 17.9 Å². The third-order valence-corrected chi connectivity index (χ3v) is 5.44. The van der Waals surface area contributed by atoms with Gasteiger partial charge in [0.25, 0.3) is 15.9 Å². The van der Waals surface area contributed by atoms with Gasteiger partial charge in [0, 0.05) is 11.3 Å². The van der Waals surface area contributed by atoms with Crippen LogP contribution in [-0.4, -0.2) is 21.4 Å². The molecule has 0 fully saturated rings. The Labute approximate surface area is 164 Å². The number of hydrogen-bond acceptors (Lipinski definition) is 4. The molecular formula is C21H20N2O4S. The molecule has 7 heteroatoms. The summed E-state index contributed by atoms with van der Waals surface area (Å²) in [5.41, 5.74) is 2.29. The van der Waals surface area contributed by atoms with Crippen LogP contribution >= 0.6 is 0 Å². The molecule has 0 aliphatic heterocycles. The number of amides is 1. The maximum atomic E-state index is 12.7. The molecular weight excluding hydrogens is 376 g/mol. The molecule has 28 heavy (non-hydrogen) atoms. The van der Waals surface area contributed by atoms with E-state index in [1.54, 1.807) is 48.5 Å². The molecule has 0 spiro atoms. The van der Waals surface area contributed by atoms with Crippen molar-refractivity contribution in [3.05, 3.63) is 83.9 Å². The fourth-order valence-electron chi connectivity index (χ4n) is 2.62. The number of rotatable bonds is 6. The molecule has 0 saturated carbocycles. The predicted octanol–water partition coefficient (Wildman–Crippen LogP) is 4.06. The van der Waals surface area contributed by atoms with Gasteiger partial charge in [0.05, 0.1) is 17.7 Å². The lowest BCUT2D eigenvalue weighted by atomic mass is 10.2. The lowest BCUT2D eigenvalue weighted by molar-refractivity contribution is 0.102. The van der Waals surface area contributed by atoms with E-state index in [9.17, 15) is 13.2 Å². The fraction of sp³-hybridized carbons (Fsp3) is 0.0952. The minimum Gasteiger partial charge on any atom is -0.495 e. The van der Waals surface area contributed by atoms with E-state index in [0.717, 1.165) is 5.56 Å². The first-order valence-corrected chi connectivity index (χ1v) is 10.0. The highest BCUT2D eigenvalue weighted by atomic mass is 32.2. The zero-order valence-electron chi connectivity index (χ0n) is 15.5. The molecule has 3 rings (SSSR count). The van der Waals surface area contributed by atoms with Crippen LogP contribution in [0.1, 0.15) is 15.9 Å². The van der Waals surface area contributed by atoms with E-state index < -0.39 is 10.0 Å². The minimum atomic E-state index is -3.80. The molecule has 0 aliphatic carbocycles. The van der Waals surface area contributed by atoms with Gasteiger partial charge >= 0.3 is 0 Å². The van der Waals surface area contributed by atoms with Crippen LogP contribution in [0, 0.1) is 6.92 Å². The molecule has 0 unspecified atom stereocenters. The van der Waals surface area contributed by atoms with Crippen molar-refractivity contribution in [2.45, 2.75) is 11.8 Å². The van der Waals surface area contributed by atoms with Gasteiger partial charge in [-0.1, -0.05) is 24.3 Å². The van der Waals surface area contributed by atoms with E-state index in [1.807, 2.05) is 19.1 Å². The molecule has 0 atom stereocenters. The van der Waals surface area contributed by atoms with Crippen molar-refractivity contribution in [2.75, 3.05) is 17.1 Å². The van der Waals surface area contributed by atoms with Crippen LogP contribution in [-0.2, 0) is 10.0 Å². The molecule has 0 aliphatic rings. The van der Waals surface area contributed by atoms with Crippen molar-refractivity contribution >= 4 is 27.3 Å². The van der Waals surface area contributed by atoms with Crippen LogP contribution in [0.2, 0.25) is 0 Å². The second-order valence-electron chi connectivity index (χ2n) is 6.15. The van der Waals surface area contributed by atoms with Gasteiger partial charge < -0.3 is 10.1 Å². The van der Waals surface area contributed by atoms with Crippen LogP contribution < -0.4 is 14.8 Å². The highest BCUT2D eigenvalue weighted by Gasteiger charge is 2.17. The average Bonchev–Trinajstić information content (AvgIpc) is 2.69.